The fourth-order valence-electron chi connectivity index (χ4n) is 1.95. The van der Waals surface area contributed by atoms with Gasteiger partial charge in [-0.15, -0.1) is 11.3 Å². The summed E-state index contributed by atoms with van der Waals surface area (Å²) in [5.41, 5.74) is 0.115. The molecule has 1 aromatic rings. The summed E-state index contributed by atoms with van der Waals surface area (Å²) in [6.45, 7) is 2.52. The van der Waals surface area contributed by atoms with Crippen molar-refractivity contribution in [2.24, 2.45) is 11.3 Å². The highest BCUT2D eigenvalue weighted by Gasteiger charge is 2.41. The quantitative estimate of drug-likeness (QED) is 0.892. The lowest BCUT2D eigenvalue weighted by Crippen LogP contribution is -2.26. The highest BCUT2D eigenvalue weighted by Crippen LogP contribution is 2.47. The first kappa shape index (κ1) is 10.7. The van der Waals surface area contributed by atoms with E-state index in [4.69, 9.17) is 0 Å². The normalized spacial score (nSPS) is 20.8. The number of hydrogen-bond donors (Lipinski definition) is 1. The molecule has 3 heteroatoms. The number of halogens is 1. The molecule has 1 aliphatic carbocycles. The van der Waals surface area contributed by atoms with Gasteiger partial charge in [-0.2, -0.15) is 0 Å². The second kappa shape index (κ2) is 3.95. The molecule has 0 amide bonds. The van der Waals surface area contributed by atoms with E-state index < -0.39 is 0 Å². The molecule has 14 heavy (non-hydrogen) atoms. The summed E-state index contributed by atoms with van der Waals surface area (Å²) in [4.78, 5) is 1.38. The van der Waals surface area contributed by atoms with Gasteiger partial charge in [-0.1, -0.05) is 6.92 Å². The van der Waals surface area contributed by atoms with Gasteiger partial charge in [0.05, 0.1) is 3.79 Å². The molecule has 0 radical (unpaired) electrons. The van der Waals surface area contributed by atoms with Gasteiger partial charge in [-0.3, -0.25) is 0 Å². The van der Waals surface area contributed by atoms with E-state index in [9.17, 15) is 5.11 Å². The van der Waals surface area contributed by atoms with Crippen LogP contribution in [0.15, 0.2) is 15.9 Å². The van der Waals surface area contributed by atoms with Gasteiger partial charge in [-0.05, 0) is 58.7 Å². The minimum Gasteiger partial charge on any atom is -0.396 e. The lowest BCUT2D eigenvalue weighted by molar-refractivity contribution is 0.120. The second-order valence-electron chi connectivity index (χ2n) is 4.47. The maximum absolute atomic E-state index is 9.46. The average molecular weight is 275 g/mol. The standard InChI is InChI=1S/C11H15BrOS/c1-11(7-13,8-2-3-8)6-9-4-5-10(12)14-9/h4-5,8,13H,2-3,6-7H2,1H3. The zero-order valence-electron chi connectivity index (χ0n) is 8.29. The van der Waals surface area contributed by atoms with Crippen molar-refractivity contribution in [2.75, 3.05) is 6.61 Å². The van der Waals surface area contributed by atoms with Crippen LogP contribution in [0.4, 0.5) is 0 Å². The molecule has 1 nitrogen and oxygen atoms in total. The summed E-state index contributed by atoms with van der Waals surface area (Å²) < 4.78 is 1.18. The van der Waals surface area contributed by atoms with Crippen LogP contribution in [0.2, 0.25) is 0 Å². The molecule has 0 saturated heterocycles. The Morgan fingerprint density at radius 3 is 2.71 bits per heavy atom. The molecular formula is C11H15BrOS. The van der Waals surface area contributed by atoms with Gasteiger partial charge in [0.25, 0.3) is 0 Å². The third kappa shape index (κ3) is 2.20. The molecule has 1 saturated carbocycles. The SMILES string of the molecule is CC(CO)(Cc1ccc(Br)s1)C1CC1. The number of hydrogen-bond acceptors (Lipinski definition) is 2. The fourth-order valence-corrected chi connectivity index (χ4v) is 3.63. The molecule has 1 unspecified atom stereocenters. The summed E-state index contributed by atoms with van der Waals surface area (Å²) >= 11 is 5.25. The zero-order valence-corrected chi connectivity index (χ0v) is 10.7. The summed E-state index contributed by atoms with van der Waals surface area (Å²) in [6.07, 6.45) is 3.61. The first-order chi connectivity index (χ1) is 6.64. The van der Waals surface area contributed by atoms with Crippen molar-refractivity contribution >= 4 is 27.3 Å². The monoisotopic (exact) mass is 274 g/mol. The van der Waals surface area contributed by atoms with E-state index in [0.717, 1.165) is 12.3 Å². The molecule has 1 aromatic heterocycles. The van der Waals surface area contributed by atoms with E-state index in [-0.39, 0.29) is 5.41 Å². The van der Waals surface area contributed by atoms with Crippen LogP contribution in [0.3, 0.4) is 0 Å². The van der Waals surface area contributed by atoms with Crippen molar-refractivity contribution < 1.29 is 5.11 Å². The third-order valence-electron chi connectivity index (χ3n) is 3.13. The van der Waals surface area contributed by atoms with Crippen molar-refractivity contribution in [1.29, 1.82) is 0 Å². The molecule has 0 aromatic carbocycles. The third-order valence-corrected chi connectivity index (χ3v) is 4.75. The molecule has 1 N–H and O–H groups in total. The van der Waals surface area contributed by atoms with E-state index in [1.54, 1.807) is 11.3 Å². The molecule has 0 spiro atoms. The van der Waals surface area contributed by atoms with Crippen LogP contribution in [0.1, 0.15) is 24.6 Å². The van der Waals surface area contributed by atoms with Gasteiger partial charge in [0.1, 0.15) is 0 Å². The molecule has 2 rings (SSSR count). The van der Waals surface area contributed by atoms with Crippen molar-refractivity contribution in [1.82, 2.24) is 0 Å². The second-order valence-corrected chi connectivity index (χ2v) is 7.02. The number of thiophene rings is 1. The Morgan fingerprint density at radius 2 is 2.29 bits per heavy atom. The van der Waals surface area contributed by atoms with Gasteiger partial charge < -0.3 is 5.11 Å². The Morgan fingerprint density at radius 1 is 1.57 bits per heavy atom. The van der Waals surface area contributed by atoms with Crippen LogP contribution in [-0.4, -0.2) is 11.7 Å². The van der Waals surface area contributed by atoms with Crippen LogP contribution in [-0.2, 0) is 6.42 Å². The summed E-state index contributed by atoms with van der Waals surface area (Å²) in [7, 11) is 0. The van der Waals surface area contributed by atoms with Gasteiger partial charge >= 0.3 is 0 Å². The topological polar surface area (TPSA) is 20.2 Å². The largest absolute Gasteiger partial charge is 0.396 e. The van der Waals surface area contributed by atoms with Crippen LogP contribution >= 0.6 is 27.3 Å². The van der Waals surface area contributed by atoms with Crippen LogP contribution < -0.4 is 0 Å². The summed E-state index contributed by atoms with van der Waals surface area (Å²) in [6, 6.07) is 4.25. The van der Waals surface area contributed by atoms with E-state index in [1.807, 2.05) is 0 Å². The van der Waals surface area contributed by atoms with Crippen molar-refractivity contribution in [3.8, 4) is 0 Å². The summed E-state index contributed by atoms with van der Waals surface area (Å²) in [5, 5.41) is 9.46. The first-order valence-corrected chi connectivity index (χ1v) is 6.60. The number of aliphatic hydroxyl groups is 1. The summed E-state index contributed by atoms with van der Waals surface area (Å²) in [5.74, 6) is 0.744. The maximum atomic E-state index is 9.46. The molecule has 1 heterocycles. The smallest absolute Gasteiger partial charge is 0.0701 e. The highest BCUT2D eigenvalue weighted by atomic mass is 79.9. The number of aliphatic hydroxyl groups excluding tert-OH is 1. The van der Waals surface area contributed by atoms with E-state index in [0.29, 0.717) is 6.61 Å². The lowest BCUT2D eigenvalue weighted by Gasteiger charge is -2.26. The van der Waals surface area contributed by atoms with Gasteiger partial charge in [0, 0.05) is 11.5 Å². The van der Waals surface area contributed by atoms with Crippen LogP contribution in [0, 0.1) is 11.3 Å². The Kier molecular flexibility index (Phi) is 3.01. The predicted octanol–water partition coefficient (Wildman–Crippen LogP) is 3.46. The minimum atomic E-state index is 0.115. The van der Waals surface area contributed by atoms with Crippen LogP contribution in [0.5, 0.6) is 0 Å². The van der Waals surface area contributed by atoms with E-state index in [1.165, 1.54) is 21.5 Å². The molecular weight excluding hydrogens is 260 g/mol. The Bertz CT molecular complexity index is 319. The van der Waals surface area contributed by atoms with Crippen molar-refractivity contribution in [3.05, 3.63) is 20.8 Å². The van der Waals surface area contributed by atoms with Gasteiger partial charge in [0.15, 0.2) is 0 Å². The van der Waals surface area contributed by atoms with Gasteiger partial charge in [-0.25, -0.2) is 0 Å². The molecule has 1 aliphatic rings. The molecule has 1 atom stereocenters. The average Bonchev–Trinajstić information content (AvgIpc) is 2.93. The minimum absolute atomic E-state index is 0.115. The van der Waals surface area contributed by atoms with E-state index >= 15 is 0 Å². The lowest BCUT2D eigenvalue weighted by atomic mass is 9.82. The molecule has 1 fully saturated rings. The Hall–Kier alpha value is 0.140. The predicted molar refractivity (Wildman–Crippen MR) is 63.6 cm³/mol. The zero-order chi connectivity index (χ0) is 10.2. The Labute approximate surface area is 97.3 Å². The molecule has 0 bridgehead atoms. The van der Waals surface area contributed by atoms with Gasteiger partial charge in [0.2, 0.25) is 0 Å². The van der Waals surface area contributed by atoms with E-state index in [2.05, 4.69) is 35.0 Å². The maximum Gasteiger partial charge on any atom is 0.0701 e. The Balaban J connectivity index is 2.07. The number of rotatable bonds is 4. The molecule has 78 valence electrons. The van der Waals surface area contributed by atoms with Crippen molar-refractivity contribution in [3.63, 3.8) is 0 Å². The van der Waals surface area contributed by atoms with Crippen LogP contribution in [0.25, 0.3) is 0 Å². The fraction of sp³-hybridized carbons (Fsp3) is 0.636. The molecule has 0 aliphatic heterocycles. The van der Waals surface area contributed by atoms with Crippen molar-refractivity contribution in [2.45, 2.75) is 26.2 Å². The first-order valence-electron chi connectivity index (χ1n) is 4.99. The highest BCUT2D eigenvalue weighted by molar-refractivity contribution is 9.11.